The molecule has 1 aromatic heterocycles. The van der Waals surface area contributed by atoms with E-state index < -0.39 is 0 Å². The van der Waals surface area contributed by atoms with Crippen LogP contribution in [0.1, 0.15) is 49.3 Å². The van der Waals surface area contributed by atoms with Crippen LogP contribution in [0.5, 0.6) is 0 Å². The number of unbranched alkanes of at least 4 members (excludes halogenated alkanes) is 3. The second-order valence-electron chi connectivity index (χ2n) is 4.38. The molecule has 1 unspecified atom stereocenters. The normalized spacial score (nSPS) is 12.4. The van der Waals surface area contributed by atoms with Crippen LogP contribution >= 0.6 is 0 Å². The van der Waals surface area contributed by atoms with Crippen molar-refractivity contribution in [3.63, 3.8) is 0 Å². The Bertz CT molecular complexity index is 336. The average Bonchev–Trinajstić information content (AvgIpc) is 2.35. The highest BCUT2D eigenvalue weighted by Crippen LogP contribution is 2.21. The van der Waals surface area contributed by atoms with Crippen LogP contribution < -0.4 is 11.3 Å². The molecule has 94 valence electrons. The van der Waals surface area contributed by atoms with Crippen molar-refractivity contribution < 1.29 is 0 Å². The van der Waals surface area contributed by atoms with E-state index in [-0.39, 0.29) is 6.04 Å². The predicted octanol–water partition coefficient (Wildman–Crippen LogP) is 3.03. The molecule has 1 heterocycles. The van der Waals surface area contributed by atoms with E-state index in [4.69, 9.17) is 5.84 Å². The Balaban J connectivity index is 2.43. The molecule has 0 spiro atoms. The van der Waals surface area contributed by atoms with Gasteiger partial charge in [-0.05, 0) is 43.4 Å². The van der Waals surface area contributed by atoms with Crippen molar-refractivity contribution in [2.24, 2.45) is 5.84 Å². The summed E-state index contributed by atoms with van der Waals surface area (Å²) >= 11 is 0. The maximum atomic E-state index is 5.63. The Morgan fingerprint density at radius 1 is 1.47 bits per heavy atom. The quantitative estimate of drug-likeness (QED) is 0.314. The van der Waals surface area contributed by atoms with Crippen LogP contribution in [0, 0.1) is 6.92 Å². The summed E-state index contributed by atoms with van der Waals surface area (Å²) in [6, 6.07) is 2.28. The topological polar surface area (TPSA) is 50.9 Å². The first-order valence-electron chi connectivity index (χ1n) is 6.27. The third-order valence-electron chi connectivity index (χ3n) is 3.04. The zero-order chi connectivity index (χ0) is 12.5. The number of rotatable bonds is 8. The van der Waals surface area contributed by atoms with Gasteiger partial charge < -0.3 is 0 Å². The van der Waals surface area contributed by atoms with Crippen molar-refractivity contribution in [3.8, 4) is 0 Å². The Morgan fingerprint density at radius 2 is 2.29 bits per heavy atom. The number of aryl methyl sites for hydroxylation is 1. The molecule has 1 aromatic rings. The number of hydrogen-bond acceptors (Lipinski definition) is 3. The third kappa shape index (κ3) is 4.67. The molecule has 0 radical (unpaired) electrons. The molecule has 17 heavy (non-hydrogen) atoms. The SMILES string of the molecule is C=CCCCCCC(NN)c1ccncc1C. The molecule has 0 saturated heterocycles. The molecule has 3 nitrogen and oxygen atoms in total. The van der Waals surface area contributed by atoms with E-state index in [1.165, 1.54) is 30.4 Å². The van der Waals surface area contributed by atoms with Crippen molar-refractivity contribution >= 4 is 0 Å². The predicted molar refractivity (Wildman–Crippen MR) is 72.3 cm³/mol. The summed E-state index contributed by atoms with van der Waals surface area (Å²) in [5, 5.41) is 0. The van der Waals surface area contributed by atoms with Crippen LogP contribution in [-0.2, 0) is 0 Å². The van der Waals surface area contributed by atoms with Gasteiger partial charge in [-0.1, -0.05) is 18.9 Å². The largest absolute Gasteiger partial charge is 0.271 e. The minimum atomic E-state index is 0.238. The zero-order valence-electron chi connectivity index (χ0n) is 10.7. The molecule has 0 bridgehead atoms. The van der Waals surface area contributed by atoms with Crippen LogP contribution in [0.4, 0.5) is 0 Å². The van der Waals surface area contributed by atoms with Gasteiger partial charge in [-0.2, -0.15) is 0 Å². The van der Waals surface area contributed by atoms with Crippen molar-refractivity contribution in [1.82, 2.24) is 10.4 Å². The van der Waals surface area contributed by atoms with Gasteiger partial charge in [0, 0.05) is 18.4 Å². The summed E-state index contributed by atoms with van der Waals surface area (Å²) in [5.41, 5.74) is 5.35. The number of hydrogen-bond donors (Lipinski definition) is 2. The Labute approximate surface area is 104 Å². The van der Waals surface area contributed by atoms with Crippen molar-refractivity contribution in [1.29, 1.82) is 0 Å². The van der Waals surface area contributed by atoms with Gasteiger partial charge in [-0.3, -0.25) is 16.3 Å². The van der Waals surface area contributed by atoms with Crippen molar-refractivity contribution in [2.45, 2.75) is 45.1 Å². The fourth-order valence-electron chi connectivity index (χ4n) is 2.02. The Kier molecular flexibility index (Phi) is 6.51. The number of hydrazine groups is 1. The van der Waals surface area contributed by atoms with Crippen LogP contribution in [-0.4, -0.2) is 4.98 Å². The van der Waals surface area contributed by atoms with Gasteiger partial charge in [0.15, 0.2) is 0 Å². The lowest BCUT2D eigenvalue weighted by molar-refractivity contribution is 0.482. The average molecular weight is 233 g/mol. The highest BCUT2D eigenvalue weighted by atomic mass is 15.2. The number of nitrogens with one attached hydrogen (secondary N) is 1. The lowest BCUT2D eigenvalue weighted by Crippen LogP contribution is -2.28. The summed E-state index contributed by atoms with van der Waals surface area (Å²) in [4.78, 5) is 4.10. The molecule has 0 amide bonds. The maximum Gasteiger partial charge on any atom is 0.0463 e. The minimum Gasteiger partial charge on any atom is -0.271 e. The lowest BCUT2D eigenvalue weighted by Gasteiger charge is -2.18. The molecule has 1 atom stereocenters. The fourth-order valence-corrected chi connectivity index (χ4v) is 2.02. The van der Waals surface area contributed by atoms with Gasteiger partial charge in [0.2, 0.25) is 0 Å². The molecule has 3 heteroatoms. The highest BCUT2D eigenvalue weighted by molar-refractivity contribution is 5.25. The molecule has 0 aliphatic carbocycles. The lowest BCUT2D eigenvalue weighted by atomic mass is 9.98. The van der Waals surface area contributed by atoms with Crippen LogP contribution in [0.15, 0.2) is 31.1 Å². The summed E-state index contributed by atoms with van der Waals surface area (Å²) in [7, 11) is 0. The smallest absolute Gasteiger partial charge is 0.0463 e. The minimum absolute atomic E-state index is 0.238. The van der Waals surface area contributed by atoms with Gasteiger partial charge in [-0.15, -0.1) is 6.58 Å². The standard InChI is InChI=1S/C14H23N3/c1-3-4-5-6-7-8-14(17-15)13-9-10-16-11-12(13)2/h3,9-11,14,17H,1,4-8,15H2,2H3. The summed E-state index contributed by atoms with van der Waals surface area (Å²) in [6.07, 6.45) is 11.5. The molecule has 0 fully saturated rings. The highest BCUT2D eigenvalue weighted by Gasteiger charge is 2.11. The first-order chi connectivity index (χ1) is 8.29. The summed E-state index contributed by atoms with van der Waals surface area (Å²) in [5.74, 6) is 5.63. The summed E-state index contributed by atoms with van der Waals surface area (Å²) < 4.78 is 0. The van der Waals surface area contributed by atoms with Gasteiger partial charge in [0.05, 0.1) is 0 Å². The van der Waals surface area contributed by atoms with E-state index in [1.807, 2.05) is 24.5 Å². The van der Waals surface area contributed by atoms with Crippen LogP contribution in [0.3, 0.4) is 0 Å². The monoisotopic (exact) mass is 233 g/mol. The van der Waals surface area contributed by atoms with Gasteiger partial charge in [0.1, 0.15) is 0 Å². The number of nitrogens with zero attached hydrogens (tertiary/aromatic N) is 1. The molecule has 1 rings (SSSR count). The van der Waals surface area contributed by atoms with Crippen molar-refractivity contribution in [2.75, 3.05) is 0 Å². The molecular weight excluding hydrogens is 210 g/mol. The first kappa shape index (κ1) is 13.9. The molecular formula is C14H23N3. The van der Waals surface area contributed by atoms with Gasteiger partial charge in [-0.25, -0.2) is 0 Å². The van der Waals surface area contributed by atoms with E-state index in [0.29, 0.717) is 0 Å². The number of nitrogens with two attached hydrogens (primary N) is 1. The van der Waals surface area contributed by atoms with E-state index >= 15 is 0 Å². The van der Waals surface area contributed by atoms with E-state index in [1.54, 1.807) is 0 Å². The molecule has 3 N–H and O–H groups in total. The molecule has 0 saturated carbocycles. The molecule has 0 aromatic carbocycles. The van der Waals surface area contributed by atoms with Crippen LogP contribution in [0.2, 0.25) is 0 Å². The maximum absolute atomic E-state index is 5.63. The number of allylic oxidation sites excluding steroid dienone is 1. The number of pyridine rings is 1. The third-order valence-corrected chi connectivity index (χ3v) is 3.04. The first-order valence-corrected chi connectivity index (χ1v) is 6.27. The molecule has 0 aliphatic heterocycles. The molecule has 0 aliphatic rings. The fraction of sp³-hybridized carbons (Fsp3) is 0.500. The van der Waals surface area contributed by atoms with E-state index in [2.05, 4.69) is 23.9 Å². The van der Waals surface area contributed by atoms with Gasteiger partial charge in [0.25, 0.3) is 0 Å². The van der Waals surface area contributed by atoms with Crippen LogP contribution in [0.25, 0.3) is 0 Å². The van der Waals surface area contributed by atoms with E-state index in [0.717, 1.165) is 12.8 Å². The van der Waals surface area contributed by atoms with E-state index in [9.17, 15) is 0 Å². The van der Waals surface area contributed by atoms with Crippen molar-refractivity contribution in [3.05, 3.63) is 42.2 Å². The Hall–Kier alpha value is -1.19. The number of aromatic nitrogens is 1. The van der Waals surface area contributed by atoms with Gasteiger partial charge >= 0.3 is 0 Å². The second-order valence-corrected chi connectivity index (χ2v) is 4.38. The second kappa shape index (κ2) is 7.98. The zero-order valence-corrected chi connectivity index (χ0v) is 10.7. The Morgan fingerprint density at radius 3 is 2.94 bits per heavy atom. The summed E-state index contributed by atoms with van der Waals surface area (Å²) in [6.45, 7) is 5.80.